The smallest absolute Gasteiger partial charge is 0.240 e. The highest BCUT2D eigenvalue weighted by Gasteiger charge is 2.15. The van der Waals surface area contributed by atoms with E-state index in [9.17, 15) is 13.5 Å². The Morgan fingerprint density at radius 1 is 1.35 bits per heavy atom. The molecule has 1 heterocycles. The Hall–Kier alpha value is -1.21. The molecule has 0 aliphatic carbocycles. The number of sulfonamides is 1. The van der Waals surface area contributed by atoms with Crippen molar-refractivity contribution in [2.24, 2.45) is 0 Å². The lowest BCUT2D eigenvalue weighted by Crippen LogP contribution is -2.23. The molecule has 20 heavy (non-hydrogen) atoms. The number of rotatable bonds is 5. The summed E-state index contributed by atoms with van der Waals surface area (Å²) < 4.78 is 27.0. The first kappa shape index (κ1) is 15.2. The Balaban J connectivity index is 2.18. The summed E-state index contributed by atoms with van der Waals surface area (Å²) in [5, 5.41) is 11.5. The Morgan fingerprint density at radius 2 is 2.10 bits per heavy atom. The van der Waals surface area contributed by atoms with E-state index in [4.69, 9.17) is 0 Å². The van der Waals surface area contributed by atoms with E-state index < -0.39 is 16.1 Å². The number of aryl methyl sites for hydroxylation is 1. The molecule has 0 bridgehead atoms. The van der Waals surface area contributed by atoms with Gasteiger partial charge in [-0.05, 0) is 48.6 Å². The summed E-state index contributed by atoms with van der Waals surface area (Å²) in [5.41, 5.74) is 1.66. The zero-order valence-electron chi connectivity index (χ0n) is 11.3. The van der Waals surface area contributed by atoms with Crippen molar-refractivity contribution >= 4 is 21.4 Å². The maximum Gasteiger partial charge on any atom is 0.240 e. The number of thiophene rings is 1. The van der Waals surface area contributed by atoms with E-state index in [0.29, 0.717) is 5.56 Å². The highest BCUT2D eigenvalue weighted by Crippen LogP contribution is 2.19. The Bertz CT molecular complexity index is 690. The van der Waals surface area contributed by atoms with E-state index in [1.54, 1.807) is 19.1 Å². The first-order valence-corrected chi connectivity index (χ1v) is 8.57. The molecular formula is C14H17NO3S2. The monoisotopic (exact) mass is 311 g/mol. The maximum absolute atomic E-state index is 12.2. The zero-order valence-corrected chi connectivity index (χ0v) is 13.0. The van der Waals surface area contributed by atoms with Crippen LogP contribution in [0.5, 0.6) is 0 Å². The van der Waals surface area contributed by atoms with Crippen LogP contribution >= 0.6 is 11.3 Å². The second-order valence-electron chi connectivity index (χ2n) is 4.60. The Labute approximate surface area is 123 Å². The lowest BCUT2D eigenvalue weighted by molar-refractivity contribution is 0.199. The number of aliphatic hydroxyl groups is 1. The van der Waals surface area contributed by atoms with Crippen molar-refractivity contribution in [3.63, 3.8) is 0 Å². The second-order valence-corrected chi connectivity index (χ2v) is 7.37. The minimum Gasteiger partial charge on any atom is -0.389 e. The molecule has 2 N–H and O–H groups in total. The van der Waals surface area contributed by atoms with Gasteiger partial charge in [-0.1, -0.05) is 12.1 Å². The van der Waals surface area contributed by atoms with Crippen molar-refractivity contribution in [1.29, 1.82) is 0 Å². The predicted molar refractivity (Wildman–Crippen MR) is 80.2 cm³/mol. The third kappa shape index (κ3) is 3.46. The standard InChI is InChI=1S/C14H17NO3S2/c1-10-6-7-19-14(10)9-15-20(17,18)13-5-3-4-12(8-13)11(2)16/h3-8,11,15-16H,9H2,1-2H3. The molecule has 0 saturated heterocycles. The molecule has 1 unspecified atom stereocenters. The van der Waals surface area contributed by atoms with Gasteiger partial charge in [-0.3, -0.25) is 0 Å². The van der Waals surface area contributed by atoms with E-state index in [-0.39, 0.29) is 11.4 Å². The average molecular weight is 311 g/mol. The average Bonchev–Trinajstić information content (AvgIpc) is 2.82. The largest absolute Gasteiger partial charge is 0.389 e. The normalized spacial score (nSPS) is 13.3. The van der Waals surface area contributed by atoms with Gasteiger partial charge in [-0.2, -0.15) is 0 Å². The molecule has 2 aromatic rings. The molecule has 0 fully saturated rings. The van der Waals surface area contributed by atoms with Gasteiger partial charge in [0.2, 0.25) is 10.0 Å². The van der Waals surface area contributed by atoms with Gasteiger partial charge in [-0.25, -0.2) is 13.1 Å². The summed E-state index contributed by atoms with van der Waals surface area (Å²) in [6.07, 6.45) is -0.690. The van der Waals surface area contributed by atoms with Crippen LogP contribution in [-0.2, 0) is 16.6 Å². The number of nitrogens with one attached hydrogen (secondary N) is 1. The van der Waals surface area contributed by atoms with Gasteiger partial charge in [-0.15, -0.1) is 11.3 Å². The SMILES string of the molecule is Cc1ccsc1CNS(=O)(=O)c1cccc(C(C)O)c1. The number of aliphatic hydroxyl groups excluding tert-OH is 1. The summed E-state index contributed by atoms with van der Waals surface area (Å²) in [5.74, 6) is 0. The Kier molecular flexibility index (Phi) is 4.59. The molecule has 0 radical (unpaired) electrons. The van der Waals surface area contributed by atoms with Crippen LogP contribution in [0.25, 0.3) is 0 Å². The molecular weight excluding hydrogens is 294 g/mol. The van der Waals surface area contributed by atoms with Gasteiger partial charge in [0.1, 0.15) is 0 Å². The third-order valence-corrected chi connectivity index (χ3v) is 5.46. The van der Waals surface area contributed by atoms with Crippen molar-refractivity contribution < 1.29 is 13.5 Å². The van der Waals surface area contributed by atoms with Gasteiger partial charge in [0.15, 0.2) is 0 Å². The van der Waals surface area contributed by atoms with Crippen LogP contribution in [0.3, 0.4) is 0 Å². The first-order chi connectivity index (χ1) is 9.40. The summed E-state index contributed by atoms with van der Waals surface area (Å²) in [6.45, 7) is 3.84. The van der Waals surface area contributed by atoms with Crippen molar-refractivity contribution in [2.75, 3.05) is 0 Å². The van der Waals surface area contributed by atoms with E-state index in [1.807, 2.05) is 18.4 Å². The van der Waals surface area contributed by atoms with E-state index >= 15 is 0 Å². The lowest BCUT2D eigenvalue weighted by Gasteiger charge is -2.09. The van der Waals surface area contributed by atoms with Crippen molar-refractivity contribution in [2.45, 2.75) is 31.4 Å². The first-order valence-electron chi connectivity index (χ1n) is 6.21. The number of hydrogen-bond acceptors (Lipinski definition) is 4. The van der Waals surface area contributed by atoms with E-state index in [1.165, 1.54) is 23.5 Å². The van der Waals surface area contributed by atoms with Gasteiger partial charge < -0.3 is 5.11 Å². The minimum absolute atomic E-state index is 0.171. The van der Waals surface area contributed by atoms with Crippen LogP contribution in [0.15, 0.2) is 40.6 Å². The molecule has 0 saturated carbocycles. The maximum atomic E-state index is 12.2. The molecule has 1 atom stereocenters. The van der Waals surface area contributed by atoms with Gasteiger partial charge in [0, 0.05) is 11.4 Å². The highest BCUT2D eigenvalue weighted by atomic mass is 32.2. The minimum atomic E-state index is -3.56. The molecule has 4 nitrogen and oxygen atoms in total. The van der Waals surface area contributed by atoms with Crippen LogP contribution in [0.2, 0.25) is 0 Å². The number of benzene rings is 1. The molecule has 1 aromatic heterocycles. The fourth-order valence-corrected chi connectivity index (χ4v) is 3.76. The molecule has 0 spiro atoms. The van der Waals surface area contributed by atoms with E-state index in [0.717, 1.165) is 10.4 Å². The van der Waals surface area contributed by atoms with Crippen LogP contribution in [0.1, 0.15) is 29.0 Å². The zero-order chi connectivity index (χ0) is 14.8. The number of hydrogen-bond donors (Lipinski definition) is 2. The summed E-state index contributed by atoms with van der Waals surface area (Å²) in [6, 6.07) is 8.31. The topological polar surface area (TPSA) is 66.4 Å². The van der Waals surface area contributed by atoms with Crippen LogP contribution in [-0.4, -0.2) is 13.5 Å². The van der Waals surface area contributed by atoms with Crippen LogP contribution < -0.4 is 4.72 Å². The lowest BCUT2D eigenvalue weighted by atomic mass is 10.1. The predicted octanol–water partition coefficient (Wildman–Crippen LogP) is 2.59. The van der Waals surface area contributed by atoms with Gasteiger partial charge >= 0.3 is 0 Å². The fraction of sp³-hybridized carbons (Fsp3) is 0.286. The summed E-state index contributed by atoms with van der Waals surface area (Å²) in [7, 11) is -3.56. The Morgan fingerprint density at radius 3 is 2.70 bits per heavy atom. The quantitative estimate of drug-likeness (QED) is 0.892. The second kappa shape index (κ2) is 6.05. The molecule has 1 aromatic carbocycles. The third-order valence-electron chi connectivity index (χ3n) is 3.04. The molecule has 108 valence electrons. The van der Waals surface area contributed by atoms with Crippen molar-refractivity contribution in [3.8, 4) is 0 Å². The van der Waals surface area contributed by atoms with Crippen molar-refractivity contribution in [3.05, 3.63) is 51.7 Å². The van der Waals surface area contributed by atoms with Crippen molar-refractivity contribution in [1.82, 2.24) is 4.72 Å². The van der Waals surface area contributed by atoms with Crippen LogP contribution in [0.4, 0.5) is 0 Å². The summed E-state index contributed by atoms with van der Waals surface area (Å²) >= 11 is 1.53. The molecule has 6 heteroatoms. The van der Waals surface area contributed by atoms with E-state index in [2.05, 4.69) is 4.72 Å². The molecule has 2 rings (SSSR count). The van der Waals surface area contributed by atoms with Gasteiger partial charge in [0.05, 0.1) is 11.0 Å². The fourth-order valence-electron chi connectivity index (χ4n) is 1.77. The molecule has 0 aliphatic heterocycles. The van der Waals surface area contributed by atoms with Gasteiger partial charge in [0.25, 0.3) is 0 Å². The highest BCUT2D eigenvalue weighted by molar-refractivity contribution is 7.89. The van der Waals surface area contributed by atoms with Crippen LogP contribution in [0, 0.1) is 6.92 Å². The molecule has 0 aliphatic rings. The summed E-state index contributed by atoms with van der Waals surface area (Å²) in [4.78, 5) is 1.17. The molecule has 0 amide bonds.